The summed E-state index contributed by atoms with van der Waals surface area (Å²) in [4.78, 5) is 64.3. The minimum atomic E-state index is -5.08. The van der Waals surface area contributed by atoms with Gasteiger partial charge in [0.2, 0.25) is 0 Å². The molecule has 2 heterocycles. The number of nitrogens with one attached hydrogen (secondary N) is 3. The topological polar surface area (TPSA) is 232 Å². The van der Waals surface area contributed by atoms with Crippen molar-refractivity contribution in [1.82, 2.24) is 25.9 Å². The molecule has 2 aliphatic carbocycles. The summed E-state index contributed by atoms with van der Waals surface area (Å²) >= 11 is 22.9. The second-order valence-corrected chi connectivity index (χ2v) is 17.7. The first kappa shape index (κ1) is 56.3. The van der Waals surface area contributed by atoms with E-state index in [1.54, 1.807) is 48.5 Å². The number of nitrogens with two attached hydrogens (primary N) is 1. The maximum atomic E-state index is 13.4. The summed E-state index contributed by atoms with van der Waals surface area (Å²) in [6, 6.07) is 25.2. The fourth-order valence-electron chi connectivity index (χ4n) is 7.06. The molecule has 0 spiro atoms. The minimum absolute atomic E-state index is 0.0101. The average molecular weight is 1080 g/mol. The summed E-state index contributed by atoms with van der Waals surface area (Å²) in [5.41, 5.74) is 7.46. The number of fused-ring (bicyclic) bond motifs is 2. The Morgan fingerprint density at radius 3 is 1.46 bits per heavy atom. The Bertz CT molecular complexity index is 2920. The van der Waals surface area contributed by atoms with Crippen LogP contribution >= 0.6 is 46.4 Å². The molecule has 0 bridgehead atoms. The van der Waals surface area contributed by atoms with Crippen LogP contribution in [-0.2, 0) is 14.4 Å². The number of pyridine rings is 2. The lowest BCUT2D eigenvalue weighted by molar-refractivity contribution is -0.192. The number of alkyl halides is 3. The SMILES string of the molecule is N[C@H]1CC[C@H](NC(=O)COc2ccc(Cl)c(F)c2)C1.O=C(COc1ccc(Cl)c(F)c1)N[C@H]1CC[C@H](NC(=O)c2ccc3cc(Cl)ccc3n2)C1.O=C(O)C(F)(F)F.O=C(O)c1ccc2cc(Cl)ccc2n1. The molecule has 2 saturated carbocycles. The normalized spacial score (nSPS) is 16.9. The number of halogens is 9. The van der Waals surface area contributed by atoms with Crippen molar-refractivity contribution < 1.29 is 65.6 Å². The van der Waals surface area contributed by atoms with Crippen LogP contribution in [0.1, 0.15) is 59.5 Å². The second kappa shape index (κ2) is 26.2. The van der Waals surface area contributed by atoms with Crippen molar-refractivity contribution in [3.8, 4) is 11.5 Å². The van der Waals surface area contributed by atoms with E-state index in [9.17, 15) is 41.1 Å². The summed E-state index contributed by atoms with van der Waals surface area (Å²) < 4.78 is 68.8. The molecule has 2 fully saturated rings. The van der Waals surface area contributed by atoms with Gasteiger partial charge in [0.15, 0.2) is 13.2 Å². The summed E-state index contributed by atoms with van der Waals surface area (Å²) in [5.74, 6) is -5.25. The van der Waals surface area contributed by atoms with E-state index >= 15 is 0 Å². The van der Waals surface area contributed by atoms with Crippen molar-refractivity contribution in [3.63, 3.8) is 0 Å². The highest BCUT2D eigenvalue weighted by atomic mass is 35.5. The van der Waals surface area contributed by atoms with E-state index in [0.29, 0.717) is 33.2 Å². The number of carboxylic acids is 2. The molecular formula is C48H43Cl4F5N6O9. The van der Waals surface area contributed by atoms with Crippen LogP contribution in [0.25, 0.3) is 21.8 Å². The van der Waals surface area contributed by atoms with Gasteiger partial charge >= 0.3 is 18.1 Å². The molecule has 0 radical (unpaired) electrons. The van der Waals surface area contributed by atoms with Crippen LogP contribution < -0.4 is 31.2 Å². The highest BCUT2D eigenvalue weighted by Gasteiger charge is 2.38. The zero-order valence-corrected chi connectivity index (χ0v) is 40.4. The van der Waals surface area contributed by atoms with Gasteiger partial charge in [-0.05, 0) is 111 Å². The van der Waals surface area contributed by atoms with E-state index in [1.165, 1.54) is 30.3 Å². The highest BCUT2D eigenvalue weighted by Crippen LogP contribution is 2.24. The molecule has 2 aliphatic rings. The fourth-order valence-corrected chi connectivity index (χ4v) is 7.65. The molecule has 6 aromatic rings. The average Bonchev–Trinajstić information content (AvgIpc) is 3.96. The molecule has 0 aliphatic heterocycles. The molecule has 4 aromatic carbocycles. The van der Waals surface area contributed by atoms with Crippen molar-refractivity contribution in [2.75, 3.05) is 13.2 Å². The zero-order valence-electron chi connectivity index (χ0n) is 37.3. The second-order valence-electron chi connectivity index (χ2n) is 16.0. The Morgan fingerprint density at radius 2 is 1.03 bits per heavy atom. The Hall–Kier alpha value is -6.58. The molecule has 0 saturated heterocycles. The van der Waals surface area contributed by atoms with Crippen molar-refractivity contribution >= 4 is 97.9 Å². The van der Waals surface area contributed by atoms with E-state index in [4.69, 9.17) is 76.6 Å². The van der Waals surface area contributed by atoms with E-state index in [1.807, 2.05) is 6.07 Å². The molecule has 4 atom stereocenters. The molecule has 7 N–H and O–H groups in total. The summed E-state index contributed by atoms with van der Waals surface area (Å²) in [7, 11) is 0. The molecular weight excluding hydrogens is 1040 g/mol. The van der Waals surface area contributed by atoms with Crippen LogP contribution in [0.5, 0.6) is 11.5 Å². The number of hydrogen-bond donors (Lipinski definition) is 6. The largest absolute Gasteiger partial charge is 0.490 e. The predicted molar refractivity (Wildman–Crippen MR) is 259 cm³/mol. The first-order valence-electron chi connectivity index (χ1n) is 21.5. The standard InChI is InChI=1S/C23H20Cl2FN3O3.C13H16ClFN2O2.C10H6ClNO2.C2HF3O2/c24-14-2-8-20-13(9-14)1-7-21(29-20)23(31)28-16-4-3-15(10-16)27-22(30)12-32-17-5-6-18(25)19(26)11-17;14-11-4-3-10(6-12(11)15)19-7-13(18)17-9-2-1-8(16)5-9;11-7-2-4-8-6(5-7)1-3-9(12-8)10(13)14;3-2(4,5)1(6)7/h1-2,5-9,11,15-16H,3-4,10,12H2,(H,27,30)(H,28,31);3-4,6,8-9H,1-2,5,7,16H2,(H,17,18);1-5H,(H,13,14);(H,6,7)/t15-,16-;8-,9-;;/m00../s1. The number of carbonyl (C=O) groups excluding carboxylic acids is 3. The predicted octanol–water partition coefficient (Wildman–Crippen LogP) is 9.60. The molecule has 15 nitrogen and oxygen atoms in total. The van der Waals surface area contributed by atoms with Gasteiger partial charge in [0.25, 0.3) is 17.7 Å². The minimum Gasteiger partial charge on any atom is -0.484 e. The molecule has 24 heteroatoms. The number of benzene rings is 4. The van der Waals surface area contributed by atoms with Gasteiger partial charge in [-0.2, -0.15) is 13.2 Å². The third kappa shape index (κ3) is 17.9. The summed E-state index contributed by atoms with van der Waals surface area (Å²) in [6.45, 7) is -0.383. The van der Waals surface area contributed by atoms with E-state index < -0.39 is 29.7 Å². The van der Waals surface area contributed by atoms with Crippen molar-refractivity contribution in [3.05, 3.63) is 140 Å². The van der Waals surface area contributed by atoms with Crippen molar-refractivity contribution in [2.24, 2.45) is 5.73 Å². The van der Waals surface area contributed by atoms with Gasteiger partial charge in [0.05, 0.1) is 21.1 Å². The van der Waals surface area contributed by atoms with Crippen LogP contribution in [0.3, 0.4) is 0 Å². The van der Waals surface area contributed by atoms with E-state index in [2.05, 4.69) is 25.9 Å². The first-order chi connectivity index (χ1) is 34.0. The van der Waals surface area contributed by atoms with Crippen molar-refractivity contribution in [1.29, 1.82) is 0 Å². The zero-order chi connectivity index (χ0) is 52.7. The van der Waals surface area contributed by atoms with Crippen molar-refractivity contribution in [2.45, 2.75) is 68.9 Å². The van der Waals surface area contributed by atoms with Gasteiger partial charge in [-0.25, -0.2) is 28.3 Å². The van der Waals surface area contributed by atoms with Crippen LogP contribution in [0.2, 0.25) is 20.1 Å². The van der Waals surface area contributed by atoms with Crippen LogP contribution in [0, 0.1) is 11.6 Å². The lowest BCUT2D eigenvalue weighted by Gasteiger charge is -2.15. The number of carbonyl (C=O) groups is 5. The molecule has 382 valence electrons. The molecule has 8 rings (SSSR count). The van der Waals surface area contributed by atoms with Gasteiger partial charge in [-0.1, -0.05) is 58.5 Å². The quantitative estimate of drug-likeness (QED) is 0.0666. The monoisotopic (exact) mass is 1080 g/mol. The summed E-state index contributed by atoms with van der Waals surface area (Å²) in [6.07, 6.45) is -0.396. The first-order valence-corrected chi connectivity index (χ1v) is 23.0. The number of ether oxygens (including phenoxy) is 2. The number of rotatable bonds is 11. The lowest BCUT2D eigenvalue weighted by Crippen LogP contribution is -2.39. The van der Waals surface area contributed by atoms with Gasteiger partial charge < -0.3 is 41.4 Å². The van der Waals surface area contributed by atoms with E-state index in [0.717, 1.165) is 55.0 Å². The van der Waals surface area contributed by atoms with Crippen LogP contribution in [-0.4, -0.2) is 93.4 Å². The Balaban J connectivity index is 0.000000203. The molecule has 72 heavy (non-hydrogen) atoms. The number of carboxylic acid groups (broad SMARTS) is 2. The summed E-state index contributed by atoms with van der Waals surface area (Å²) in [5, 5.41) is 27.5. The maximum Gasteiger partial charge on any atom is 0.490 e. The number of aliphatic carboxylic acids is 1. The van der Waals surface area contributed by atoms with Gasteiger partial charge in [0, 0.05) is 57.1 Å². The highest BCUT2D eigenvalue weighted by molar-refractivity contribution is 6.32. The number of hydrogen-bond acceptors (Lipinski definition) is 10. The molecule has 0 unspecified atom stereocenters. The molecule has 3 amide bonds. The number of amides is 3. The van der Waals surface area contributed by atoms with Crippen LogP contribution in [0.4, 0.5) is 22.0 Å². The van der Waals surface area contributed by atoms with E-state index in [-0.39, 0.29) is 82.3 Å². The Labute approximate surface area is 427 Å². The fraction of sp³-hybridized carbons (Fsp3) is 0.271. The third-order valence-electron chi connectivity index (χ3n) is 10.5. The van der Waals surface area contributed by atoms with Gasteiger partial charge in [-0.3, -0.25) is 14.4 Å². The maximum absolute atomic E-state index is 13.4. The van der Waals surface area contributed by atoms with Gasteiger partial charge in [0.1, 0.15) is 34.5 Å². The van der Waals surface area contributed by atoms with Crippen LogP contribution in [0.15, 0.2) is 97.1 Å². The third-order valence-corrected chi connectivity index (χ3v) is 11.6. The number of aromatic carboxylic acids is 1. The molecule has 2 aromatic heterocycles. The lowest BCUT2D eigenvalue weighted by atomic mass is 10.2. The Kier molecular flexibility index (Phi) is 20.5. The van der Waals surface area contributed by atoms with Gasteiger partial charge in [-0.15, -0.1) is 0 Å². The number of nitrogens with zero attached hydrogens (tertiary/aromatic N) is 2. The Morgan fingerprint density at radius 1 is 0.597 bits per heavy atom. The number of aromatic nitrogens is 2. The smallest absolute Gasteiger partial charge is 0.484 e.